The van der Waals surface area contributed by atoms with Crippen LogP contribution in [-0.2, 0) is 5.75 Å². The summed E-state index contributed by atoms with van der Waals surface area (Å²) < 4.78 is 0.884. The number of rotatable bonds is 3. The Morgan fingerprint density at radius 2 is 2.13 bits per heavy atom. The molecule has 0 aliphatic rings. The highest BCUT2D eigenvalue weighted by molar-refractivity contribution is 8.00. The number of anilines is 2. The lowest BCUT2D eigenvalue weighted by atomic mass is 10.2. The van der Waals surface area contributed by atoms with Crippen molar-refractivity contribution in [2.24, 2.45) is 0 Å². The molecule has 0 aliphatic carbocycles. The molecule has 0 bridgehead atoms. The number of nitrogens with two attached hydrogens (primary N) is 2. The molecular weight excluding hydrogens is 228 g/mol. The molecule has 0 unspecified atom stereocenters. The number of nitrogens with zero attached hydrogens (tertiary/aromatic N) is 2. The minimum absolute atomic E-state index is 0.505. The molecule has 15 heavy (non-hydrogen) atoms. The fourth-order valence-corrected chi connectivity index (χ4v) is 2.69. The molecule has 4 N–H and O–H groups in total. The van der Waals surface area contributed by atoms with Crippen LogP contribution in [0.3, 0.4) is 0 Å². The van der Waals surface area contributed by atoms with Gasteiger partial charge in [-0.3, -0.25) is 0 Å². The maximum atomic E-state index is 5.68. The van der Waals surface area contributed by atoms with Crippen LogP contribution < -0.4 is 11.5 Å². The lowest BCUT2D eigenvalue weighted by Crippen LogP contribution is -1.86. The molecule has 2 aromatic rings. The van der Waals surface area contributed by atoms with Crippen molar-refractivity contribution in [3.63, 3.8) is 0 Å². The highest BCUT2D eigenvalue weighted by Crippen LogP contribution is 2.27. The third kappa shape index (κ3) is 2.84. The van der Waals surface area contributed by atoms with Gasteiger partial charge in [-0.05, 0) is 17.7 Å². The predicted molar refractivity (Wildman–Crippen MR) is 64.7 cm³/mol. The standard InChI is InChI=1S/C9H10N4S2/c10-7-3-1-2-6(4-7)5-14-9-13-12-8(11)15-9/h1-4H,5,10H2,(H2,11,12). The molecule has 1 aromatic heterocycles. The third-order valence-corrected chi connectivity index (χ3v) is 3.69. The average molecular weight is 238 g/mol. The summed E-state index contributed by atoms with van der Waals surface area (Å²) in [6.07, 6.45) is 0. The van der Waals surface area contributed by atoms with Crippen LogP contribution >= 0.6 is 23.1 Å². The number of thioether (sulfide) groups is 1. The molecule has 2 rings (SSSR count). The molecule has 4 nitrogen and oxygen atoms in total. The first kappa shape index (κ1) is 10.3. The lowest BCUT2D eigenvalue weighted by Gasteiger charge is -1.99. The van der Waals surface area contributed by atoms with Gasteiger partial charge in [-0.25, -0.2) is 0 Å². The van der Waals surface area contributed by atoms with Gasteiger partial charge < -0.3 is 11.5 Å². The monoisotopic (exact) mass is 238 g/mol. The summed E-state index contributed by atoms with van der Waals surface area (Å²) in [5.74, 6) is 0.833. The van der Waals surface area contributed by atoms with Crippen molar-refractivity contribution in [2.45, 2.75) is 10.1 Å². The Kier molecular flexibility index (Phi) is 3.08. The van der Waals surface area contributed by atoms with E-state index in [0.29, 0.717) is 5.13 Å². The molecule has 0 radical (unpaired) electrons. The molecule has 1 aromatic carbocycles. The van der Waals surface area contributed by atoms with E-state index in [2.05, 4.69) is 10.2 Å². The zero-order valence-electron chi connectivity index (χ0n) is 7.88. The first-order valence-electron chi connectivity index (χ1n) is 4.30. The van der Waals surface area contributed by atoms with Crippen molar-refractivity contribution in [1.29, 1.82) is 0 Å². The minimum Gasteiger partial charge on any atom is -0.399 e. The summed E-state index contributed by atoms with van der Waals surface area (Å²) in [6.45, 7) is 0. The number of hydrogen-bond acceptors (Lipinski definition) is 6. The molecule has 6 heteroatoms. The molecule has 0 fully saturated rings. The van der Waals surface area contributed by atoms with E-state index < -0.39 is 0 Å². The van der Waals surface area contributed by atoms with Gasteiger partial charge in [0.25, 0.3) is 0 Å². The summed E-state index contributed by atoms with van der Waals surface area (Å²) in [4.78, 5) is 0. The molecule has 1 heterocycles. The quantitative estimate of drug-likeness (QED) is 0.631. The van der Waals surface area contributed by atoms with Gasteiger partial charge in [-0.1, -0.05) is 35.2 Å². The number of hydrogen-bond donors (Lipinski definition) is 2. The molecule has 78 valence electrons. The van der Waals surface area contributed by atoms with E-state index >= 15 is 0 Å². The highest BCUT2D eigenvalue weighted by Gasteiger charge is 2.02. The molecular formula is C9H10N4S2. The van der Waals surface area contributed by atoms with E-state index in [1.165, 1.54) is 16.9 Å². The minimum atomic E-state index is 0.505. The van der Waals surface area contributed by atoms with Crippen molar-refractivity contribution in [3.05, 3.63) is 29.8 Å². The highest BCUT2D eigenvalue weighted by atomic mass is 32.2. The molecule has 0 saturated heterocycles. The van der Waals surface area contributed by atoms with Gasteiger partial charge in [0.2, 0.25) is 5.13 Å². The Bertz CT molecular complexity index is 455. The normalized spacial score (nSPS) is 10.4. The fraction of sp³-hybridized carbons (Fsp3) is 0.111. The molecule has 0 spiro atoms. The van der Waals surface area contributed by atoms with Crippen molar-refractivity contribution >= 4 is 33.9 Å². The summed E-state index contributed by atoms with van der Waals surface area (Å²) in [7, 11) is 0. The number of benzene rings is 1. The summed E-state index contributed by atoms with van der Waals surface area (Å²) in [5.41, 5.74) is 13.1. The summed E-state index contributed by atoms with van der Waals surface area (Å²) >= 11 is 3.01. The smallest absolute Gasteiger partial charge is 0.203 e. The maximum Gasteiger partial charge on any atom is 0.203 e. The Labute approximate surface area is 95.7 Å². The number of aromatic nitrogens is 2. The van der Waals surface area contributed by atoms with Gasteiger partial charge in [0.1, 0.15) is 0 Å². The summed E-state index contributed by atoms with van der Waals surface area (Å²) in [5, 5.41) is 8.18. The van der Waals surface area contributed by atoms with Gasteiger partial charge in [-0.2, -0.15) is 0 Å². The van der Waals surface area contributed by atoms with Gasteiger partial charge in [-0.15, -0.1) is 10.2 Å². The van der Waals surface area contributed by atoms with Crippen LogP contribution in [0.4, 0.5) is 10.8 Å². The van der Waals surface area contributed by atoms with Crippen LogP contribution in [0.2, 0.25) is 0 Å². The SMILES string of the molecule is Nc1cccc(CSc2nnc(N)s2)c1. The van der Waals surface area contributed by atoms with E-state index in [9.17, 15) is 0 Å². The lowest BCUT2D eigenvalue weighted by molar-refractivity contribution is 1.02. The first-order chi connectivity index (χ1) is 7.24. The third-order valence-electron chi connectivity index (χ3n) is 1.74. The largest absolute Gasteiger partial charge is 0.399 e. The van der Waals surface area contributed by atoms with Crippen LogP contribution in [0.1, 0.15) is 5.56 Å². The first-order valence-corrected chi connectivity index (χ1v) is 6.10. The van der Waals surface area contributed by atoms with Gasteiger partial charge >= 0.3 is 0 Å². The van der Waals surface area contributed by atoms with E-state index in [0.717, 1.165) is 15.8 Å². The van der Waals surface area contributed by atoms with Gasteiger partial charge in [0, 0.05) is 11.4 Å². The Balaban J connectivity index is 1.99. The van der Waals surface area contributed by atoms with Gasteiger partial charge in [0.15, 0.2) is 4.34 Å². The second-order valence-corrected chi connectivity index (χ2v) is 5.17. The fourth-order valence-electron chi connectivity index (χ4n) is 1.11. The van der Waals surface area contributed by atoms with Crippen molar-refractivity contribution in [1.82, 2.24) is 10.2 Å². The van der Waals surface area contributed by atoms with Crippen LogP contribution in [0, 0.1) is 0 Å². The van der Waals surface area contributed by atoms with E-state index in [4.69, 9.17) is 11.5 Å². The van der Waals surface area contributed by atoms with Crippen LogP contribution in [-0.4, -0.2) is 10.2 Å². The molecule has 0 saturated carbocycles. The van der Waals surface area contributed by atoms with E-state index in [1.807, 2.05) is 24.3 Å². The summed E-state index contributed by atoms with van der Waals surface area (Å²) in [6, 6.07) is 7.81. The van der Waals surface area contributed by atoms with E-state index in [-0.39, 0.29) is 0 Å². The van der Waals surface area contributed by atoms with Crippen LogP contribution in [0.15, 0.2) is 28.6 Å². The Morgan fingerprint density at radius 1 is 1.27 bits per heavy atom. The second kappa shape index (κ2) is 4.50. The zero-order valence-corrected chi connectivity index (χ0v) is 9.52. The predicted octanol–water partition coefficient (Wildman–Crippen LogP) is 1.99. The molecule has 0 amide bonds. The molecule has 0 atom stereocenters. The van der Waals surface area contributed by atoms with Gasteiger partial charge in [0.05, 0.1) is 0 Å². The molecule has 0 aliphatic heterocycles. The van der Waals surface area contributed by atoms with Crippen molar-refractivity contribution in [2.75, 3.05) is 11.5 Å². The zero-order chi connectivity index (χ0) is 10.7. The Morgan fingerprint density at radius 3 is 2.80 bits per heavy atom. The number of nitrogen functional groups attached to an aromatic ring is 2. The van der Waals surface area contributed by atoms with Crippen molar-refractivity contribution in [3.8, 4) is 0 Å². The second-order valence-electron chi connectivity index (χ2n) is 2.94. The van der Waals surface area contributed by atoms with Crippen LogP contribution in [0.25, 0.3) is 0 Å². The van der Waals surface area contributed by atoms with E-state index in [1.54, 1.807) is 11.8 Å². The van der Waals surface area contributed by atoms with Crippen molar-refractivity contribution < 1.29 is 0 Å². The average Bonchev–Trinajstić information content (AvgIpc) is 2.62. The topological polar surface area (TPSA) is 77.8 Å². The van der Waals surface area contributed by atoms with Crippen LogP contribution in [0.5, 0.6) is 0 Å². The maximum absolute atomic E-state index is 5.68. The Hall–Kier alpha value is -1.27.